The third kappa shape index (κ3) is 2.64. The van der Waals surface area contributed by atoms with E-state index >= 15 is 0 Å². The van der Waals surface area contributed by atoms with Gasteiger partial charge in [0, 0.05) is 33.2 Å². The zero-order chi connectivity index (χ0) is 15.0. The van der Waals surface area contributed by atoms with E-state index in [1.165, 1.54) is 6.20 Å². The molecule has 0 atom stereocenters. The van der Waals surface area contributed by atoms with E-state index < -0.39 is 0 Å². The first-order chi connectivity index (χ1) is 10.1. The molecule has 2 aromatic heterocycles. The summed E-state index contributed by atoms with van der Waals surface area (Å²) in [6.07, 6.45) is 1.48. The van der Waals surface area contributed by atoms with Gasteiger partial charge in [-0.2, -0.15) is 0 Å². The highest BCUT2D eigenvalue weighted by Crippen LogP contribution is 2.26. The number of piperazine rings is 1. The van der Waals surface area contributed by atoms with Gasteiger partial charge in [0.15, 0.2) is 5.82 Å². The highest BCUT2D eigenvalue weighted by atomic mass is 35.5. The average molecular weight is 309 g/mol. The van der Waals surface area contributed by atoms with Crippen LogP contribution >= 0.6 is 11.6 Å². The molecule has 1 aliphatic heterocycles. The molecule has 0 amide bonds. The summed E-state index contributed by atoms with van der Waals surface area (Å²) in [5.74, 6) is 1.56. The second kappa shape index (κ2) is 5.45. The summed E-state index contributed by atoms with van der Waals surface area (Å²) in [6, 6.07) is 0. The molecule has 21 heavy (non-hydrogen) atoms. The Bertz CT molecular complexity index is 647. The van der Waals surface area contributed by atoms with Crippen molar-refractivity contribution in [3.8, 4) is 11.5 Å². The number of rotatable bonds is 2. The van der Waals surface area contributed by atoms with Crippen molar-refractivity contribution in [2.75, 3.05) is 43.9 Å². The number of halogens is 1. The summed E-state index contributed by atoms with van der Waals surface area (Å²) in [7, 11) is 4.01. The lowest BCUT2D eigenvalue weighted by atomic mass is 10.3. The van der Waals surface area contributed by atoms with Gasteiger partial charge in [0.1, 0.15) is 5.69 Å². The van der Waals surface area contributed by atoms with Crippen molar-refractivity contribution in [3.05, 3.63) is 11.2 Å². The van der Waals surface area contributed by atoms with Crippen LogP contribution in [0.2, 0.25) is 5.02 Å². The number of anilines is 2. The van der Waals surface area contributed by atoms with Gasteiger partial charge in [0.05, 0.1) is 11.2 Å². The molecule has 2 N–H and O–H groups in total. The van der Waals surface area contributed by atoms with Crippen LogP contribution in [-0.4, -0.2) is 62.9 Å². The highest BCUT2D eigenvalue weighted by Gasteiger charge is 2.22. The molecule has 0 unspecified atom stereocenters. The van der Waals surface area contributed by atoms with Gasteiger partial charge in [-0.3, -0.25) is 4.57 Å². The average Bonchev–Trinajstić information content (AvgIpc) is 2.84. The van der Waals surface area contributed by atoms with E-state index in [4.69, 9.17) is 17.3 Å². The maximum Gasteiger partial charge on any atom is 0.227 e. The van der Waals surface area contributed by atoms with Crippen LogP contribution in [0.15, 0.2) is 6.20 Å². The molecule has 0 aromatic carbocycles. The summed E-state index contributed by atoms with van der Waals surface area (Å²) in [5.41, 5.74) is 6.13. The minimum absolute atomic E-state index is 0.165. The topological polar surface area (TPSA) is 89.0 Å². The first-order valence-corrected chi connectivity index (χ1v) is 7.05. The third-order valence-electron chi connectivity index (χ3n) is 3.61. The first-order valence-electron chi connectivity index (χ1n) is 6.67. The monoisotopic (exact) mass is 308 g/mol. The van der Waals surface area contributed by atoms with Crippen LogP contribution in [0.1, 0.15) is 0 Å². The molecule has 3 heterocycles. The quantitative estimate of drug-likeness (QED) is 0.851. The van der Waals surface area contributed by atoms with Gasteiger partial charge in [-0.1, -0.05) is 11.6 Å². The fraction of sp³-hybridized carbons (Fsp3) is 0.500. The zero-order valence-corrected chi connectivity index (χ0v) is 12.7. The van der Waals surface area contributed by atoms with Gasteiger partial charge in [-0.15, -0.1) is 10.2 Å². The summed E-state index contributed by atoms with van der Waals surface area (Å²) in [5, 5.41) is 8.89. The fourth-order valence-electron chi connectivity index (χ4n) is 2.35. The van der Waals surface area contributed by atoms with Crippen molar-refractivity contribution in [2.24, 2.45) is 7.05 Å². The Labute approximate surface area is 127 Å². The zero-order valence-electron chi connectivity index (χ0n) is 12.0. The predicted molar refractivity (Wildman–Crippen MR) is 81.2 cm³/mol. The van der Waals surface area contributed by atoms with Crippen molar-refractivity contribution in [3.63, 3.8) is 0 Å². The summed E-state index contributed by atoms with van der Waals surface area (Å²) in [6.45, 7) is 3.84. The number of likely N-dealkylation sites (N-methyl/N-ethyl adjacent to an activating group) is 1. The van der Waals surface area contributed by atoms with E-state index in [0.717, 1.165) is 32.1 Å². The molecule has 0 saturated carbocycles. The van der Waals surface area contributed by atoms with Crippen molar-refractivity contribution >= 4 is 23.5 Å². The first kappa shape index (κ1) is 14.0. The Hall–Kier alpha value is -1.93. The molecule has 1 aliphatic rings. The van der Waals surface area contributed by atoms with Crippen LogP contribution in [0.25, 0.3) is 11.5 Å². The SMILES string of the molecule is CN1CCN(c2nnc(-c3nc(N)ncc3Cl)n2C)CC1. The Morgan fingerprint density at radius 1 is 1.14 bits per heavy atom. The number of nitrogens with zero attached hydrogens (tertiary/aromatic N) is 7. The van der Waals surface area contributed by atoms with Crippen LogP contribution in [-0.2, 0) is 7.05 Å². The fourth-order valence-corrected chi connectivity index (χ4v) is 2.52. The van der Waals surface area contributed by atoms with Crippen molar-refractivity contribution in [2.45, 2.75) is 0 Å². The van der Waals surface area contributed by atoms with Crippen molar-refractivity contribution in [1.82, 2.24) is 29.6 Å². The molecule has 0 radical (unpaired) electrons. The van der Waals surface area contributed by atoms with Gasteiger partial charge in [0.25, 0.3) is 0 Å². The molecular weight excluding hydrogens is 292 g/mol. The molecule has 112 valence electrons. The molecule has 1 fully saturated rings. The molecule has 2 aromatic rings. The number of aromatic nitrogens is 5. The number of nitrogens with two attached hydrogens (primary N) is 1. The van der Waals surface area contributed by atoms with E-state index in [-0.39, 0.29) is 5.95 Å². The Balaban J connectivity index is 1.94. The Kier molecular flexibility index (Phi) is 3.64. The van der Waals surface area contributed by atoms with Gasteiger partial charge in [-0.05, 0) is 7.05 Å². The molecule has 0 aliphatic carbocycles. The molecular formula is C12H17ClN8. The minimum Gasteiger partial charge on any atom is -0.368 e. The van der Waals surface area contributed by atoms with Gasteiger partial charge < -0.3 is 15.5 Å². The van der Waals surface area contributed by atoms with Gasteiger partial charge in [0.2, 0.25) is 11.9 Å². The lowest BCUT2D eigenvalue weighted by molar-refractivity contribution is 0.310. The smallest absolute Gasteiger partial charge is 0.227 e. The van der Waals surface area contributed by atoms with Crippen LogP contribution < -0.4 is 10.6 Å². The Morgan fingerprint density at radius 3 is 2.57 bits per heavy atom. The van der Waals surface area contributed by atoms with E-state index in [0.29, 0.717) is 16.5 Å². The second-order valence-corrected chi connectivity index (χ2v) is 5.50. The lowest BCUT2D eigenvalue weighted by Gasteiger charge is -2.32. The number of hydrogen-bond acceptors (Lipinski definition) is 7. The van der Waals surface area contributed by atoms with Crippen molar-refractivity contribution < 1.29 is 0 Å². The number of hydrogen-bond donors (Lipinski definition) is 1. The maximum absolute atomic E-state index is 6.13. The summed E-state index contributed by atoms with van der Waals surface area (Å²) < 4.78 is 1.89. The minimum atomic E-state index is 0.165. The molecule has 8 nitrogen and oxygen atoms in total. The maximum atomic E-state index is 6.13. The standard InChI is InChI=1S/C12H17ClN8/c1-19-3-5-21(6-4-19)12-18-17-10(20(12)2)9-8(13)7-15-11(14)16-9/h7H,3-6H2,1-2H3,(H2,14,15,16). The van der Waals surface area contributed by atoms with E-state index in [9.17, 15) is 0 Å². The predicted octanol–water partition coefficient (Wildman–Crippen LogP) is 0.260. The van der Waals surface area contributed by atoms with E-state index in [1.807, 2.05) is 11.6 Å². The van der Waals surface area contributed by atoms with Crippen LogP contribution in [0, 0.1) is 0 Å². The molecule has 0 spiro atoms. The molecule has 9 heteroatoms. The number of nitrogen functional groups attached to an aromatic ring is 1. The van der Waals surface area contributed by atoms with Crippen LogP contribution in [0.3, 0.4) is 0 Å². The van der Waals surface area contributed by atoms with Crippen LogP contribution in [0.5, 0.6) is 0 Å². The third-order valence-corrected chi connectivity index (χ3v) is 3.89. The van der Waals surface area contributed by atoms with E-state index in [2.05, 4.69) is 37.0 Å². The lowest BCUT2D eigenvalue weighted by Crippen LogP contribution is -2.45. The van der Waals surface area contributed by atoms with Gasteiger partial charge in [-0.25, -0.2) is 9.97 Å². The van der Waals surface area contributed by atoms with Gasteiger partial charge >= 0.3 is 0 Å². The molecule has 0 bridgehead atoms. The van der Waals surface area contributed by atoms with Crippen LogP contribution in [0.4, 0.5) is 11.9 Å². The second-order valence-electron chi connectivity index (χ2n) is 5.10. The normalized spacial score (nSPS) is 16.4. The van der Waals surface area contributed by atoms with Crippen molar-refractivity contribution in [1.29, 1.82) is 0 Å². The Morgan fingerprint density at radius 2 is 1.86 bits per heavy atom. The van der Waals surface area contributed by atoms with E-state index in [1.54, 1.807) is 0 Å². The molecule has 1 saturated heterocycles. The summed E-state index contributed by atoms with van der Waals surface area (Å²) in [4.78, 5) is 12.5. The highest BCUT2D eigenvalue weighted by molar-refractivity contribution is 6.32. The molecule has 3 rings (SSSR count). The summed E-state index contributed by atoms with van der Waals surface area (Å²) >= 11 is 6.13. The largest absolute Gasteiger partial charge is 0.368 e.